The van der Waals surface area contributed by atoms with Crippen LogP contribution in [0, 0.1) is 53.7 Å². The molecule has 3 aromatic carbocycles. The van der Waals surface area contributed by atoms with E-state index >= 15 is 0 Å². The average molecular weight is 1120 g/mol. The smallest absolute Gasteiger partial charge is 0.354 e. The summed E-state index contributed by atoms with van der Waals surface area (Å²) in [4.78, 5) is 37.6. The van der Waals surface area contributed by atoms with Crippen molar-refractivity contribution in [2.45, 2.75) is 6.92 Å². The molecule has 0 aliphatic rings. The van der Waals surface area contributed by atoms with Gasteiger partial charge in [-0.1, -0.05) is 83.9 Å². The molecule has 0 atom stereocenters. The van der Waals surface area contributed by atoms with Gasteiger partial charge in [-0.25, -0.2) is 9.78 Å². The number of amides is 1. The first-order valence-electron chi connectivity index (χ1n) is 15.9. The number of halogens is 4. The van der Waals surface area contributed by atoms with Gasteiger partial charge in [0.1, 0.15) is 11.6 Å². The van der Waals surface area contributed by atoms with Crippen molar-refractivity contribution in [3.63, 3.8) is 0 Å². The van der Waals surface area contributed by atoms with E-state index in [-0.39, 0.29) is 62.9 Å². The second-order valence-electron chi connectivity index (χ2n) is 10.8. The Morgan fingerprint density at radius 2 is 1.19 bits per heavy atom. The van der Waals surface area contributed by atoms with Crippen LogP contribution in [0.2, 0.25) is 0 Å². The quantitative estimate of drug-likeness (QED) is 0.133. The minimum Gasteiger partial charge on any atom is -0.621 e. The van der Waals surface area contributed by atoms with Crippen LogP contribution >= 0.6 is 0 Å². The van der Waals surface area contributed by atoms with E-state index in [1.54, 1.807) is 73.2 Å². The maximum Gasteiger partial charge on any atom is 0.354 e. The topological polar surface area (TPSA) is 144 Å². The number of benzene rings is 3. The molecule has 1 N–H and O–H groups in total. The van der Waals surface area contributed by atoms with Gasteiger partial charge >= 0.3 is 5.97 Å². The number of hydrogen-bond donors (Lipinski definition) is 1. The molecule has 7 rings (SSSR count). The van der Waals surface area contributed by atoms with E-state index < -0.39 is 29.2 Å². The molecule has 15 heteroatoms. The van der Waals surface area contributed by atoms with Crippen molar-refractivity contribution in [2.75, 3.05) is 0 Å². The molecular weight excluding hydrogens is 1100 g/mol. The summed E-state index contributed by atoms with van der Waals surface area (Å²) < 4.78 is 51.6. The normalized spacial score (nSPS) is 9.40. The average Bonchev–Trinajstić information content (AvgIpc) is 3.20. The van der Waals surface area contributed by atoms with Gasteiger partial charge in [0.25, 0.3) is 0 Å². The van der Waals surface area contributed by atoms with Gasteiger partial charge in [-0.3, -0.25) is 22.5 Å². The number of carbonyl (C=O) groups is 2. The fraction of sp³-hybridized carbons (Fsp3) is 0.0238. The second-order valence-corrected chi connectivity index (χ2v) is 10.8. The Labute approximate surface area is 352 Å². The number of aromatic nitrogens is 4. The van der Waals surface area contributed by atoms with E-state index in [9.17, 15) is 27.2 Å². The fourth-order valence-corrected chi connectivity index (χ4v) is 4.30. The molecule has 1 amide bonds. The van der Waals surface area contributed by atoms with Crippen molar-refractivity contribution >= 4 is 17.6 Å². The maximum absolute atomic E-state index is 13.2. The predicted molar refractivity (Wildman–Crippen MR) is 196 cm³/mol. The summed E-state index contributed by atoms with van der Waals surface area (Å²) in [6.45, 7) is 1.85. The molecule has 0 unspecified atom stereocenters. The number of nitriles is 1. The van der Waals surface area contributed by atoms with Crippen LogP contribution in [-0.2, 0) is 40.2 Å². The summed E-state index contributed by atoms with van der Waals surface area (Å²) in [5.41, 5.74) is 3.37. The van der Waals surface area contributed by atoms with E-state index in [1.165, 1.54) is 18.3 Å². The van der Waals surface area contributed by atoms with Gasteiger partial charge < -0.3 is 25.2 Å². The van der Waals surface area contributed by atoms with Crippen LogP contribution in [-0.4, -0.2) is 36.9 Å². The second kappa shape index (κ2) is 24.3. The van der Waals surface area contributed by atoms with Crippen LogP contribution in [0.15, 0.2) is 140 Å². The van der Waals surface area contributed by atoms with Crippen molar-refractivity contribution in [1.29, 1.82) is 5.26 Å². The number of carboxylic acids is 1. The molecule has 292 valence electrons. The molecular formula is C42H27F4Ir2N6O3-3. The molecule has 0 aliphatic heterocycles. The molecule has 2 radical (unpaired) electrons. The monoisotopic (exact) mass is 1130 g/mol. The molecule has 9 nitrogen and oxygen atoms in total. The van der Waals surface area contributed by atoms with Crippen LogP contribution < -0.4 is 0 Å². The Morgan fingerprint density at radius 3 is 1.65 bits per heavy atom. The summed E-state index contributed by atoms with van der Waals surface area (Å²) in [5, 5.41) is 20.8. The van der Waals surface area contributed by atoms with E-state index in [4.69, 9.17) is 10.4 Å². The number of hydrogen-bond acceptors (Lipinski definition) is 7. The number of aryl methyl sites for hydroxylation is 1. The van der Waals surface area contributed by atoms with Gasteiger partial charge in [0.05, 0.1) is 17.3 Å². The van der Waals surface area contributed by atoms with Gasteiger partial charge in [-0.15, -0.1) is 30.0 Å². The number of rotatable bonds is 5. The van der Waals surface area contributed by atoms with Crippen molar-refractivity contribution in [2.24, 2.45) is 0 Å². The first-order chi connectivity index (χ1) is 26.5. The van der Waals surface area contributed by atoms with Crippen molar-refractivity contribution in [3.8, 4) is 28.6 Å². The van der Waals surface area contributed by atoms with Crippen molar-refractivity contribution in [1.82, 2.24) is 19.9 Å². The first kappa shape index (κ1) is 46.9. The number of pyridine rings is 4. The van der Waals surface area contributed by atoms with Gasteiger partial charge in [0.15, 0.2) is 0 Å². The standard InChI is InChI=1S/C13H12N2O.2C11H6F2N.C7H4N2O2.2Ir/c1-10-6-5-9-14-12(10)13(16)15-11-7-3-2-4-8-11;2*12-8-4-5-9(10(13)7-8)11-3-1-2-6-14-11;8-4-5-1-2-9-6(3-5)7(10)11;;/h2-9H,1H3,(H,15,16);2*1-4,6-7H;1-3H,(H,10,11);;/q;2*-1;;;/p-1. The molecule has 0 aliphatic carbocycles. The van der Waals surface area contributed by atoms with Gasteiger partial charge in [-0.2, -0.15) is 5.26 Å². The van der Waals surface area contributed by atoms with E-state index in [1.807, 2.05) is 37.3 Å². The van der Waals surface area contributed by atoms with Crippen molar-refractivity contribution < 1.29 is 72.5 Å². The van der Waals surface area contributed by atoms with E-state index in [0.29, 0.717) is 28.3 Å². The zero-order valence-electron chi connectivity index (χ0n) is 29.4. The van der Waals surface area contributed by atoms with Crippen LogP contribution in [0.5, 0.6) is 0 Å². The zero-order chi connectivity index (χ0) is 39.6. The van der Waals surface area contributed by atoms with Crippen LogP contribution in [0.3, 0.4) is 0 Å². The third-order valence-corrected chi connectivity index (χ3v) is 6.86. The van der Waals surface area contributed by atoms with Gasteiger partial charge in [0, 0.05) is 88.3 Å². The molecule has 0 bridgehead atoms. The number of carbonyl (C=O) groups excluding carboxylic acids is 1. The number of para-hydroxylation sites is 1. The van der Waals surface area contributed by atoms with E-state index in [0.717, 1.165) is 29.8 Å². The first-order valence-corrected chi connectivity index (χ1v) is 15.9. The van der Waals surface area contributed by atoms with Crippen molar-refractivity contribution in [3.05, 3.63) is 203 Å². The van der Waals surface area contributed by atoms with Gasteiger partial charge in [0.2, 0.25) is 0 Å². The molecule has 57 heavy (non-hydrogen) atoms. The largest absolute Gasteiger partial charge is 0.621 e. The number of carboxylic acid groups (broad SMARTS) is 1. The molecule has 0 spiro atoms. The summed E-state index contributed by atoms with van der Waals surface area (Å²) in [6.07, 6.45) is 5.99. The molecule has 7 aromatic rings. The number of nitrogens with zero attached hydrogens (tertiary/aromatic N) is 6. The molecule has 0 saturated carbocycles. The summed E-state index contributed by atoms with van der Waals surface area (Å²) in [5.74, 6) is -4.00. The summed E-state index contributed by atoms with van der Waals surface area (Å²) in [7, 11) is 0. The summed E-state index contributed by atoms with van der Waals surface area (Å²) >= 11 is 0. The Balaban J connectivity index is 0.000000261. The molecule has 4 aromatic heterocycles. The third kappa shape index (κ3) is 15.0. The molecule has 0 fully saturated rings. The van der Waals surface area contributed by atoms with Crippen LogP contribution in [0.1, 0.15) is 32.1 Å². The minimum atomic E-state index is -1.12. The Morgan fingerprint density at radius 1 is 0.667 bits per heavy atom. The van der Waals surface area contributed by atoms with Crippen LogP contribution in [0.25, 0.3) is 27.8 Å². The minimum absolute atomic E-state index is 0. The fourth-order valence-electron chi connectivity index (χ4n) is 4.30. The maximum atomic E-state index is 13.2. The Hall–Kier alpha value is -6.29. The van der Waals surface area contributed by atoms with E-state index in [2.05, 4.69) is 37.4 Å². The van der Waals surface area contributed by atoms with Crippen LogP contribution in [0.4, 0.5) is 23.2 Å². The van der Waals surface area contributed by atoms with Gasteiger partial charge in [-0.05, 0) is 54.2 Å². The summed E-state index contributed by atoms with van der Waals surface area (Å²) in [6, 6.07) is 36.3. The Kier molecular flexibility index (Phi) is 20.0. The number of aromatic carboxylic acids is 1. The zero-order valence-corrected chi connectivity index (χ0v) is 34.2. The molecule has 4 heterocycles. The SMILES string of the molecule is Cc1cccnc1C(=O)[N-]c1ccccc1.Fc1c[c-]c(-c2ccccn2)c(F)c1.Fc1c[c-]c(-c2ccccn2)c(F)c1.N#Cc1ccnc(C(=O)O)c1.[Ir].[Ir]. The Bertz CT molecular complexity index is 2310. The molecule has 0 saturated heterocycles. The predicted octanol–water partition coefficient (Wildman–Crippen LogP) is 9.54. The third-order valence-electron chi connectivity index (χ3n) is 6.86.